The van der Waals surface area contributed by atoms with E-state index in [2.05, 4.69) is 16.0 Å². The van der Waals surface area contributed by atoms with Crippen molar-refractivity contribution < 1.29 is 9.59 Å². The normalized spacial score (nSPS) is 10.1. The number of anilines is 3. The van der Waals surface area contributed by atoms with Crippen LogP contribution in [0.5, 0.6) is 0 Å². The molecule has 5 heteroatoms. The van der Waals surface area contributed by atoms with Crippen molar-refractivity contribution in [2.75, 3.05) is 22.5 Å². The van der Waals surface area contributed by atoms with Gasteiger partial charge in [-0.15, -0.1) is 0 Å². The highest BCUT2D eigenvalue weighted by atomic mass is 16.2. The first-order chi connectivity index (χ1) is 11.5. The molecule has 2 rings (SSSR count). The molecule has 0 aliphatic heterocycles. The van der Waals surface area contributed by atoms with Crippen molar-refractivity contribution in [2.24, 2.45) is 0 Å². The van der Waals surface area contributed by atoms with E-state index in [0.29, 0.717) is 12.1 Å². The van der Waals surface area contributed by atoms with Gasteiger partial charge in [0.2, 0.25) is 11.8 Å². The summed E-state index contributed by atoms with van der Waals surface area (Å²) < 4.78 is 0. The monoisotopic (exact) mass is 325 g/mol. The molecule has 0 aromatic heterocycles. The summed E-state index contributed by atoms with van der Waals surface area (Å²) in [7, 11) is 0. The molecule has 5 nitrogen and oxygen atoms in total. The van der Waals surface area contributed by atoms with Gasteiger partial charge in [-0.05, 0) is 49.2 Å². The third kappa shape index (κ3) is 5.12. The van der Waals surface area contributed by atoms with Gasteiger partial charge in [-0.1, -0.05) is 25.1 Å². The van der Waals surface area contributed by atoms with Crippen LogP contribution in [-0.2, 0) is 9.59 Å². The molecule has 0 atom stereocenters. The lowest BCUT2D eigenvalue weighted by atomic mass is 10.1. The second-order valence-electron chi connectivity index (χ2n) is 5.70. The van der Waals surface area contributed by atoms with Crippen LogP contribution in [0, 0.1) is 13.8 Å². The van der Waals surface area contributed by atoms with Gasteiger partial charge in [0.25, 0.3) is 0 Å². The van der Waals surface area contributed by atoms with E-state index in [1.165, 1.54) is 0 Å². The zero-order valence-corrected chi connectivity index (χ0v) is 14.3. The highest BCUT2D eigenvalue weighted by Crippen LogP contribution is 2.17. The second kappa shape index (κ2) is 8.15. The Hall–Kier alpha value is -2.82. The number of aryl methyl sites for hydroxylation is 2. The lowest BCUT2D eigenvalue weighted by Gasteiger charge is -2.11. The maximum Gasteiger partial charge on any atom is 0.243 e. The van der Waals surface area contributed by atoms with Crippen LogP contribution >= 0.6 is 0 Å². The Bertz CT molecular complexity index is 741. The van der Waals surface area contributed by atoms with Crippen molar-refractivity contribution in [1.29, 1.82) is 0 Å². The fourth-order valence-electron chi connectivity index (χ4n) is 2.20. The lowest BCUT2D eigenvalue weighted by Crippen LogP contribution is -2.22. The largest absolute Gasteiger partial charge is 0.376 e. The molecular formula is C19H23N3O2. The summed E-state index contributed by atoms with van der Waals surface area (Å²) in [5, 5.41) is 8.77. The molecule has 0 saturated heterocycles. The molecule has 0 bridgehead atoms. The maximum absolute atomic E-state index is 12.1. The van der Waals surface area contributed by atoms with Crippen LogP contribution in [-0.4, -0.2) is 18.4 Å². The predicted octanol–water partition coefficient (Wildman–Crippen LogP) is 3.70. The Labute approximate surface area is 142 Å². The molecule has 24 heavy (non-hydrogen) atoms. The van der Waals surface area contributed by atoms with E-state index >= 15 is 0 Å². The zero-order valence-electron chi connectivity index (χ0n) is 14.3. The summed E-state index contributed by atoms with van der Waals surface area (Å²) in [4.78, 5) is 23.5. The van der Waals surface area contributed by atoms with Gasteiger partial charge in [0, 0.05) is 23.5 Å². The standard InChI is InChI=1S/C19H23N3O2/c1-4-18(23)21-16-7-5-6-15(11-16)20-12-19(24)22-17-10-13(2)8-9-14(17)3/h5-11,20H,4,12H2,1-3H3,(H,21,23)(H,22,24). The van der Waals surface area contributed by atoms with Gasteiger partial charge in [-0.3, -0.25) is 9.59 Å². The number of amides is 2. The molecule has 3 N–H and O–H groups in total. The zero-order chi connectivity index (χ0) is 17.5. The number of carbonyl (C=O) groups excluding carboxylic acids is 2. The Morgan fingerprint density at radius 3 is 2.42 bits per heavy atom. The smallest absolute Gasteiger partial charge is 0.243 e. The number of nitrogens with one attached hydrogen (secondary N) is 3. The van der Waals surface area contributed by atoms with Crippen LogP contribution in [0.25, 0.3) is 0 Å². The summed E-state index contributed by atoms with van der Waals surface area (Å²) in [6.45, 7) is 5.90. The SMILES string of the molecule is CCC(=O)Nc1cccc(NCC(=O)Nc2cc(C)ccc2C)c1. The second-order valence-corrected chi connectivity index (χ2v) is 5.70. The number of benzene rings is 2. The van der Waals surface area contributed by atoms with Crippen molar-refractivity contribution in [2.45, 2.75) is 27.2 Å². The van der Waals surface area contributed by atoms with Gasteiger partial charge in [0.05, 0.1) is 6.54 Å². The van der Waals surface area contributed by atoms with E-state index in [9.17, 15) is 9.59 Å². The highest BCUT2D eigenvalue weighted by Gasteiger charge is 2.06. The number of hydrogen-bond donors (Lipinski definition) is 3. The van der Waals surface area contributed by atoms with Crippen LogP contribution in [0.1, 0.15) is 24.5 Å². The number of rotatable bonds is 6. The van der Waals surface area contributed by atoms with Crippen molar-refractivity contribution >= 4 is 28.9 Å². The Balaban J connectivity index is 1.93. The minimum absolute atomic E-state index is 0.0418. The van der Waals surface area contributed by atoms with E-state index in [-0.39, 0.29) is 18.4 Å². The molecule has 2 amide bonds. The minimum Gasteiger partial charge on any atom is -0.376 e. The van der Waals surface area contributed by atoms with Gasteiger partial charge in [0.1, 0.15) is 0 Å². The molecule has 0 spiro atoms. The van der Waals surface area contributed by atoms with Gasteiger partial charge < -0.3 is 16.0 Å². The average Bonchev–Trinajstić information content (AvgIpc) is 2.56. The Morgan fingerprint density at radius 2 is 1.67 bits per heavy atom. The van der Waals surface area contributed by atoms with Gasteiger partial charge in [0.15, 0.2) is 0 Å². The van der Waals surface area contributed by atoms with Crippen molar-refractivity contribution in [3.8, 4) is 0 Å². The molecule has 0 saturated carbocycles. The molecule has 0 aliphatic rings. The quantitative estimate of drug-likeness (QED) is 0.758. The number of carbonyl (C=O) groups is 2. The molecule has 0 unspecified atom stereocenters. The first-order valence-electron chi connectivity index (χ1n) is 7.99. The Morgan fingerprint density at radius 1 is 0.917 bits per heavy atom. The van der Waals surface area contributed by atoms with E-state index in [0.717, 1.165) is 22.5 Å². The molecule has 2 aromatic carbocycles. The molecule has 2 aromatic rings. The van der Waals surface area contributed by atoms with Crippen molar-refractivity contribution in [3.63, 3.8) is 0 Å². The lowest BCUT2D eigenvalue weighted by molar-refractivity contribution is -0.116. The Kier molecular flexibility index (Phi) is 5.95. The van der Waals surface area contributed by atoms with Crippen molar-refractivity contribution in [3.05, 3.63) is 53.6 Å². The summed E-state index contributed by atoms with van der Waals surface area (Å²) in [5.41, 5.74) is 4.44. The van der Waals surface area contributed by atoms with Crippen LogP contribution in [0.2, 0.25) is 0 Å². The van der Waals surface area contributed by atoms with E-state index in [1.54, 1.807) is 13.0 Å². The summed E-state index contributed by atoms with van der Waals surface area (Å²) >= 11 is 0. The van der Waals surface area contributed by atoms with Crippen LogP contribution in [0.3, 0.4) is 0 Å². The van der Waals surface area contributed by atoms with Gasteiger partial charge in [-0.2, -0.15) is 0 Å². The molecule has 0 radical (unpaired) electrons. The third-order valence-electron chi connectivity index (χ3n) is 3.59. The van der Waals surface area contributed by atoms with Crippen molar-refractivity contribution in [1.82, 2.24) is 0 Å². The molecule has 0 heterocycles. The minimum atomic E-state index is -0.119. The first-order valence-corrected chi connectivity index (χ1v) is 7.99. The average molecular weight is 325 g/mol. The van der Waals surface area contributed by atoms with Gasteiger partial charge >= 0.3 is 0 Å². The highest BCUT2D eigenvalue weighted by molar-refractivity contribution is 5.95. The van der Waals surface area contributed by atoms with Crippen LogP contribution in [0.15, 0.2) is 42.5 Å². The summed E-state index contributed by atoms with van der Waals surface area (Å²) in [6, 6.07) is 13.3. The fraction of sp³-hybridized carbons (Fsp3) is 0.263. The van der Waals surface area contributed by atoms with Crippen LogP contribution in [0.4, 0.5) is 17.1 Å². The molecule has 126 valence electrons. The molecule has 0 aliphatic carbocycles. The fourth-order valence-corrected chi connectivity index (χ4v) is 2.20. The van der Waals surface area contributed by atoms with E-state index in [1.807, 2.05) is 50.2 Å². The van der Waals surface area contributed by atoms with E-state index < -0.39 is 0 Å². The van der Waals surface area contributed by atoms with Gasteiger partial charge in [-0.25, -0.2) is 0 Å². The third-order valence-corrected chi connectivity index (χ3v) is 3.59. The molecule has 0 fully saturated rings. The predicted molar refractivity (Wildman–Crippen MR) is 98.4 cm³/mol. The topological polar surface area (TPSA) is 70.2 Å². The molecular weight excluding hydrogens is 302 g/mol. The van der Waals surface area contributed by atoms with Crippen LogP contribution < -0.4 is 16.0 Å². The summed E-state index contributed by atoms with van der Waals surface area (Å²) in [6.07, 6.45) is 0.426. The summed E-state index contributed by atoms with van der Waals surface area (Å²) in [5.74, 6) is -0.161. The van der Waals surface area contributed by atoms with E-state index in [4.69, 9.17) is 0 Å². The number of hydrogen-bond acceptors (Lipinski definition) is 3. The maximum atomic E-state index is 12.1. The first kappa shape index (κ1) is 17.5.